The van der Waals surface area contributed by atoms with E-state index in [1.165, 1.54) is 11.2 Å². The minimum atomic E-state index is -1.04. The lowest BCUT2D eigenvalue weighted by Crippen LogP contribution is -2.33. The van der Waals surface area contributed by atoms with Gasteiger partial charge in [-0.1, -0.05) is 32.9 Å². The fourth-order valence-corrected chi connectivity index (χ4v) is 4.49. The molecule has 5 N–H and O–H groups in total. The molecule has 1 aliphatic heterocycles. The van der Waals surface area contributed by atoms with Crippen molar-refractivity contribution < 1.29 is 14.7 Å². The van der Waals surface area contributed by atoms with Crippen molar-refractivity contribution >= 4 is 23.6 Å². The highest BCUT2D eigenvalue weighted by Gasteiger charge is 2.30. The molecule has 0 fully saturated rings. The summed E-state index contributed by atoms with van der Waals surface area (Å²) in [6.07, 6.45) is 2.41. The number of nitrogens with zero attached hydrogens (tertiary/aromatic N) is 7. The molecule has 2 amide bonds. The maximum atomic E-state index is 13.3. The van der Waals surface area contributed by atoms with Crippen molar-refractivity contribution in [3.8, 4) is 11.4 Å². The number of carboxylic acid groups (broad SMARTS) is 1. The Kier molecular flexibility index (Phi) is 6.68. The van der Waals surface area contributed by atoms with Crippen LogP contribution in [-0.4, -0.2) is 69.1 Å². The lowest BCUT2D eigenvalue weighted by atomic mass is 9.90. The van der Waals surface area contributed by atoms with Crippen LogP contribution >= 0.6 is 0 Å². The van der Waals surface area contributed by atoms with E-state index < -0.39 is 12.1 Å². The summed E-state index contributed by atoms with van der Waals surface area (Å²) >= 11 is 0. The Bertz CT molecular complexity index is 1520. The van der Waals surface area contributed by atoms with E-state index in [1.54, 1.807) is 6.20 Å². The van der Waals surface area contributed by atoms with Crippen LogP contribution in [0.1, 0.15) is 66.2 Å². The van der Waals surface area contributed by atoms with E-state index in [1.807, 2.05) is 45.9 Å². The van der Waals surface area contributed by atoms with Crippen LogP contribution in [-0.2, 0) is 12.0 Å². The number of hydrogen-bond acceptors (Lipinski definition) is 9. The zero-order chi connectivity index (χ0) is 27.7. The van der Waals surface area contributed by atoms with Gasteiger partial charge in [-0.3, -0.25) is 9.89 Å². The number of aryl methyl sites for hydroxylation is 1. The molecule has 1 aliphatic rings. The highest BCUT2D eigenvalue weighted by molar-refractivity contribution is 5.93. The van der Waals surface area contributed by atoms with E-state index in [-0.39, 0.29) is 30.1 Å². The van der Waals surface area contributed by atoms with E-state index in [9.17, 15) is 14.7 Å². The summed E-state index contributed by atoms with van der Waals surface area (Å²) in [5.74, 6) is 0.389. The molecule has 1 atom stereocenters. The van der Waals surface area contributed by atoms with Gasteiger partial charge in [-0.15, -0.1) is 0 Å². The Morgan fingerprint density at radius 3 is 2.72 bits per heavy atom. The number of rotatable bonds is 5. The average Bonchev–Trinajstić information content (AvgIpc) is 3.51. The molecule has 3 aromatic heterocycles. The number of hydrogen-bond donors (Lipinski definition) is 5. The summed E-state index contributed by atoms with van der Waals surface area (Å²) in [5, 5.41) is 33.6. The predicted octanol–water partition coefficient (Wildman–Crippen LogP) is 3.08. The number of H-pyrrole nitrogens is 2. The molecule has 4 aromatic rings. The van der Waals surface area contributed by atoms with Gasteiger partial charge in [-0.2, -0.15) is 25.5 Å². The van der Waals surface area contributed by atoms with Crippen LogP contribution in [0.5, 0.6) is 0 Å². The molecule has 202 valence electrons. The van der Waals surface area contributed by atoms with Gasteiger partial charge in [0.05, 0.1) is 23.6 Å². The molecule has 1 aromatic carbocycles. The van der Waals surface area contributed by atoms with Gasteiger partial charge in [0.1, 0.15) is 12.0 Å². The molecule has 39 heavy (non-hydrogen) atoms. The van der Waals surface area contributed by atoms with Crippen molar-refractivity contribution in [2.45, 2.75) is 52.1 Å². The Morgan fingerprint density at radius 1 is 1.18 bits per heavy atom. The average molecular weight is 532 g/mol. The fourth-order valence-electron chi connectivity index (χ4n) is 4.49. The van der Waals surface area contributed by atoms with E-state index >= 15 is 0 Å². The number of carbonyl (C=O) groups excluding carboxylic acids is 1. The molecule has 0 unspecified atom stereocenters. The Hall–Kier alpha value is -4.88. The Labute approximate surface area is 223 Å². The quantitative estimate of drug-likeness (QED) is 0.256. The largest absolute Gasteiger partial charge is 0.465 e. The van der Waals surface area contributed by atoms with Crippen molar-refractivity contribution in [2.24, 2.45) is 0 Å². The van der Waals surface area contributed by atoms with Crippen LogP contribution < -0.4 is 10.6 Å². The maximum Gasteiger partial charge on any atom is 0.407 e. The first-order valence-electron chi connectivity index (χ1n) is 12.4. The predicted molar refractivity (Wildman–Crippen MR) is 140 cm³/mol. The van der Waals surface area contributed by atoms with Crippen molar-refractivity contribution in [3.05, 3.63) is 58.9 Å². The molecule has 5 rings (SSSR count). The lowest BCUT2D eigenvalue weighted by molar-refractivity contribution is 0.0925. The molecule has 0 radical (unpaired) electrons. The summed E-state index contributed by atoms with van der Waals surface area (Å²) in [6.45, 7) is 8.14. The second kappa shape index (κ2) is 10.1. The van der Waals surface area contributed by atoms with Gasteiger partial charge < -0.3 is 20.6 Å². The van der Waals surface area contributed by atoms with E-state index in [4.69, 9.17) is 0 Å². The zero-order valence-electron chi connectivity index (χ0n) is 22.0. The molecular formula is C25H29N11O3. The van der Waals surface area contributed by atoms with Crippen LogP contribution in [0.3, 0.4) is 0 Å². The van der Waals surface area contributed by atoms with Gasteiger partial charge in [0.15, 0.2) is 11.5 Å². The third-order valence-corrected chi connectivity index (χ3v) is 6.52. The molecule has 0 saturated heterocycles. The van der Waals surface area contributed by atoms with Crippen LogP contribution in [0, 0.1) is 6.92 Å². The van der Waals surface area contributed by atoms with Gasteiger partial charge in [0.2, 0.25) is 5.95 Å². The fraction of sp³-hybridized carbons (Fsp3) is 0.360. The zero-order valence-corrected chi connectivity index (χ0v) is 22.0. The molecule has 4 heterocycles. The molecular weight excluding hydrogens is 502 g/mol. The van der Waals surface area contributed by atoms with Gasteiger partial charge >= 0.3 is 6.09 Å². The second-order valence-electron chi connectivity index (χ2n) is 10.4. The van der Waals surface area contributed by atoms with Crippen LogP contribution in [0.15, 0.2) is 30.7 Å². The van der Waals surface area contributed by atoms with Crippen LogP contribution in [0.4, 0.5) is 16.4 Å². The number of benzene rings is 1. The molecule has 0 spiro atoms. The van der Waals surface area contributed by atoms with Gasteiger partial charge in [0, 0.05) is 24.1 Å². The highest BCUT2D eigenvalue weighted by atomic mass is 16.4. The third kappa shape index (κ3) is 5.39. The molecule has 14 nitrogen and oxygen atoms in total. The molecule has 0 saturated carbocycles. The molecule has 0 aliphatic carbocycles. The summed E-state index contributed by atoms with van der Waals surface area (Å²) < 4.78 is 0. The third-order valence-electron chi connectivity index (χ3n) is 6.52. The van der Waals surface area contributed by atoms with Gasteiger partial charge in [-0.25, -0.2) is 14.8 Å². The minimum Gasteiger partial charge on any atom is -0.465 e. The first-order chi connectivity index (χ1) is 18.6. The van der Waals surface area contributed by atoms with Crippen LogP contribution in [0.25, 0.3) is 11.4 Å². The Morgan fingerprint density at radius 2 is 2.00 bits per heavy atom. The molecule has 14 heteroatoms. The maximum absolute atomic E-state index is 13.3. The van der Waals surface area contributed by atoms with Crippen LogP contribution in [0.2, 0.25) is 0 Å². The second-order valence-corrected chi connectivity index (χ2v) is 10.4. The van der Waals surface area contributed by atoms with Gasteiger partial charge in [0.25, 0.3) is 5.91 Å². The smallest absolute Gasteiger partial charge is 0.407 e. The monoisotopic (exact) mass is 531 g/mol. The number of aromatic amines is 2. The lowest BCUT2D eigenvalue weighted by Gasteiger charge is -2.21. The first-order valence-corrected chi connectivity index (χ1v) is 12.4. The number of nitrogens with one attached hydrogen (secondary N) is 4. The summed E-state index contributed by atoms with van der Waals surface area (Å²) in [4.78, 5) is 39.5. The van der Waals surface area contributed by atoms with Crippen molar-refractivity contribution in [1.82, 2.24) is 50.8 Å². The number of amides is 2. The van der Waals surface area contributed by atoms with Crippen molar-refractivity contribution in [3.63, 3.8) is 0 Å². The first kappa shape index (κ1) is 25.8. The SMILES string of the molecule is Cc1[nH]ncc1Nc1ncnc(-c2ccc3c(c2)CN(C(=O)O)CC[C@H]3NC(=O)c2n[nH]nc2C(C)(C)C)n1. The summed E-state index contributed by atoms with van der Waals surface area (Å²) in [5.41, 5.74) is 4.22. The Balaban J connectivity index is 1.45. The highest BCUT2D eigenvalue weighted by Crippen LogP contribution is 2.31. The number of carbonyl (C=O) groups is 2. The number of aromatic nitrogens is 8. The number of anilines is 2. The topological polar surface area (TPSA) is 191 Å². The van der Waals surface area contributed by atoms with E-state index in [0.717, 1.165) is 22.5 Å². The van der Waals surface area contributed by atoms with Gasteiger partial charge in [-0.05, 0) is 30.5 Å². The normalized spacial score (nSPS) is 15.4. The van der Waals surface area contributed by atoms with Crippen molar-refractivity contribution in [2.75, 3.05) is 11.9 Å². The summed E-state index contributed by atoms with van der Waals surface area (Å²) in [7, 11) is 0. The number of fused-ring (bicyclic) bond motifs is 1. The standard InChI is InChI=1S/C25H29N11O3/c1-13-18(10-28-32-13)30-23-27-12-26-21(31-23)14-5-6-16-15(9-14)11-36(24(38)39)8-7-17(16)29-22(37)19-20(25(2,3)4)34-35-33-19/h5-6,9-10,12,17H,7-8,11H2,1-4H3,(H,28,32)(H,29,37)(H,38,39)(H,33,34,35)(H,26,27,30,31)/t17-/m1/s1. The van der Waals surface area contributed by atoms with Crippen molar-refractivity contribution in [1.29, 1.82) is 0 Å². The minimum absolute atomic E-state index is 0.159. The summed E-state index contributed by atoms with van der Waals surface area (Å²) in [6, 6.07) is 5.16. The van der Waals surface area contributed by atoms with E-state index in [0.29, 0.717) is 29.5 Å². The molecule has 0 bridgehead atoms. The van der Waals surface area contributed by atoms with E-state index in [2.05, 4.69) is 51.2 Å².